The Morgan fingerprint density at radius 2 is 1.65 bits per heavy atom. The van der Waals surface area contributed by atoms with Gasteiger partial charge in [-0.3, -0.25) is 9.59 Å². The minimum Gasteiger partial charge on any atom is -0.352 e. The number of benzene rings is 2. The van der Waals surface area contributed by atoms with Crippen LogP contribution in [0.5, 0.6) is 0 Å². The molecule has 3 rings (SSSR count). The number of hydrogen-bond donors (Lipinski definition) is 1. The van der Waals surface area contributed by atoms with Gasteiger partial charge in [0.1, 0.15) is 6.04 Å². The predicted octanol–water partition coefficient (Wildman–Crippen LogP) is 6.92. The SMILES string of the molecule is CC[C@H](C(=O)NC1CCCC1)N(Cc1ccc(Cl)c(Cl)c1)C(=O)CCc1ccc(C(C)C)cc1. The highest BCUT2D eigenvalue weighted by Gasteiger charge is 2.30. The van der Waals surface area contributed by atoms with Crippen LogP contribution in [0.2, 0.25) is 10.0 Å². The second-order valence-electron chi connectivity index (χ2n) is 9.58. The molecule has 0 heterocycles. The van der Waals surface area contributed by atoms with E-state index in [0.29, 0.717) is 41.8 Å². The maximum Gasteiger partial charge on any atom is 0.243 e. The van der Waals surface area contributed by atoms with Crippen molar-refractivity contribution < 1.29 is 9.59 Å². The van der Waals surface area contributed by atoms with E-state index in [4.69, 9.17) is 23.2 Å². The van der Waals surface area contributed by atoms with E-state index in [1.807, 2.05) is 13.0 Å². The summed E-state index contributed by atoms with van der Waals surface area (Å²) in [4.78, 5) is 28.4. The minimum absolute atomic E-state index is 0.0348. The molecule has 0 bridgehead atoms. The molecule has 0 aromatic heterocycles. The standard InChI is InChI=1S/C28H36Cl2N2O2/c1-4-26(28(34)31-23-7-5-6-8-23)32(18-21-11-15-24(29)25(30)17-21)27(33)16-12-20-9-13-22(14-10-20)19(2)3/h9-11,13-15,17,19,23,26H,4-8,12,16,18H2,1-3H3,(H,31,34)/t26-/m1/s1. The molecular formula is C28H36Cl2N2O2. The molecule has 2 amide bonds. The van der Waals surface area contributed by atoms with Crippen LogP contribution in [0.4, 0.5) is 0 Å². The minimum atomic E-state index is -0.522. The molecule has 6 heteroatoms. The fourth-order valence-corrected chi connectivity index (χ4v) is 4.91. The molecule has 0 spiro atoms. The van der Waals surface area contributed by atoms with Gasteiger partial charge in [-0.25, -0.2) is 0 Å². The van der Waals surface area contributed by atoms with Gasteiger partial charge in [0.15, 0.2) is 0 Å². The molecular weight excluding hydrogens is 467 g/mol. The van der Waals surface area contributed by atoms with Gasteiger partial charge in [-0.2, -0.15) is 0 Å². The predicted molar refractivity (Wildman–Crippen MR) is 140 cm³/mol. The van der Waals surface area contributed by atoms with E-state index in [2.05, 4.69) is 43.4 Å². The third-order valence-electron chi connectivity index (χ3n) is 6.70. The summed E-state index contributed by atoms with van der Waals surface area (Å²) >= 11 is 12.3. The van der Waals surface area contributed by atoms with Crippen LogP contribution < -0.4 is 5.32 Å². The third kappa shape index (κ3) is 7.23. The second-order valence-corrected chi connectivity index (χ2v) is 10.4. The van der Waals surface area contributed by atoms with Crippen molar-refractivity contribution in [2.24, 2.45) is 0 Å². The van der Waals surface area contributed by atoms with E-state index in [0.717, 1.165) is 36.8 Å². The van der Waals surface area contributed by atoms with Crippen LogP contribution in [0.15, 0.2) is 42.5 Å². The zero-order valence-electron chi connectivity index (χ0n) is 20.4. The molecule has 1 aliphatic carbocycles. The Hall–Kier alpha value is -2.04. The fraction of sp³-hybridized carbons (Fsp3) is 0.500. The molecule has 2 aromatic rings. The zero-order valence-corrected chi connectivity index (χ0v) is 22.0. The highest BCUT2D eigenvalue weighted by molar-refractivity contribution is 6.42. The van der Waals surface area contributed by atoms with Crippen molar-refractivity contribution in [3.63, 3.8) is 0 Å². The average Bonchev–Trinajstić information content (AvgIpc) is 3.33. The number of nitrogens with one attached hydrogen (secondary N) is 1. The smallest absolute Gasteiger partial charge is 0.243 e. The number of carbonyl (C=O) groups excluding carboxylic acids is 2. The number of amides is 2. The first-order valence-electron chi connectivity index (χ1n) is 12.4. The molecule has 0 radical (unpaired) electrons. The molecule has 0 unspecified atom stereocenters. The Morgan fingerprint density at radius 3 is 2.24 bits per heavy atom. The fourth-order valence-electron chi connectivity index (χ4n) is 4.59. The van der Waals surface area contributed by atoms with Crippen LogP contribution in [0, 0.1) is 0 Å². The van der Waals surface area contributed by atoms with E-state index in [9.17, 15) is 9.59 Å². The second kappa shape index (κ2) is 12.6. The summed E-state index contributed by atoms with van der Waals surface area (Å²) in [7, 11) is 0. The number of nitrogens with zero attached hydrogens (tertiary/aromatic N) is 1. The topological polar surface area (TPSA) is 49.4 Å². The molecule has 4 nitrogen and oxygen atoms in total. The van der Waals surface area contributed by atoms with Crippen molar-refractivity contribution in [2.75, 3.05) is 0 Å². The Labute approximate surface area is 214 Å². The lowest BCUT2D eigenvalue weighted by molar-refractivity contribution is -0.141. The monoisotopic (exact) mass is 502 g/mol. The molecule has 0 saturated heterocycles. The number of hydrogen-bond acceptors (Lipinski definition) is 2. The molecule has 0 aliphatic heterocycles. The molecule has 1 atom stereocenters. The van der Waals surface area contributed by atoms with Crippen LogP contribution in [0.1, 0.15) is 81.9 Å². The summed E-state index contributed by atoms with van der Waals surface area (Å²) in [5.41, 5.74) is 3.26. The van der Waals surface area contributed by atoms with Gasteiger partial charge in [-0.15, -0.1) is 0 Å². The van der Waals surface area contributed by atoms with Gasteiger partial charge < -0.3 is 10.2 Å². The lowest BCUT2D eigenvalue weighted by atomic mass is 10.00. The van der Waals surface area contributed by atoms with Crippen LogP contribution in [-0.4, -0.2) is 28.8 Å². The summed E-state index contributed by atoms with van der Waals surface area (Å²) in [6.45, 7) is 6.61. The summed E-state index contributed by atoms with van der Waals surface area (Å²) < 4.78 is 0. The van der Waals surface area contributed by atoms with Crippen LogP contribution in [0.25, 0.3) is 0 Å². The molecule has 1 aliphatic rings. The number of halogens is 2. The first-order valence-corrected chi connectivity index (χ1v) is 13.2. The number of rotatable bonds is 10. The first-order chi connectivity index (χ1) is 16.3. The van der Waals surface area contributed by atoms with Gasteiger partial charge in [-0.05, 0) is 60.4 Å². The van der Waals surface area contributed by atoms with Crippen molar-refractivity contribution in [3.05, 3.63) is 69.2 Å². The van der Waals surface area contributed by atoms with E-state index in [-0.39, 0.29) is 17.9 Å². The van der Waals surface area contributed by atoms with Gasteiger partial charge in [0.25, 0.3) is 0 Å². The van der Waals surface area contributed by atoms with Crippen molar-refractivity contribution >= 4 is 35.0 Å². The van der Waals surface area contributed by atoms with E-state index >= 15 is 0 Å². The van der Waals surface area contributed by atoms with E-state index in [1.54, 1.807) is 17.0 Å². The van der Waals surface area contributed by atoms with Crippen molar-refractivity contribution in [3.8, 4) is 0 Å². The third-order valence-corrected chi connectivity index (χ3v) is 7.44. The van der Waals surface area contributed by atoms with Crippen molar-refractivity contribution in [1.29, 1.82) is 0 Å². The van der Waals surface area contributed by atoms with Gasteiger partial charge in [0, 0.05) is 19.0 Å². The average molecular weight is 504 g/mol. The maximum absolute atomic E-state index is 13.5. The van der Waals surface area contributed by atoms with Crippen LogP contribution >= 0.6 is 23.2 Å². The lowest BCUT2D eigenvalue weighted by Gasteiger charge is -2.31. The largest absolute Gasteiger partial charge is 0.352 e. The summed E-state index contributed by atoms with van der Waals surface area (Å²) in [5.74, 6) is 0.373. The van der Waals surface area contributed by atoms with Gasteiger partial charge in [-0.1, -0.05) is 87.1 Å². The quantitative estimate of drug-likeness (QED) is 0.383. The highest BCUT2D eigenvalue weighted by Crippen LogP contribution is 2.25. The number of carbonyl (C=O) groups is 2. The van der Waals surface area contributed by atoms with Crippen molar-refractivity contribution in [2.45, 2.75) is 90.3 Å². The molecule has 34 heavy (non-hydrogen) atoms. The molecule has 1 saturated carbocycles. The van der Waals surface area contributed by atoms with Gasteiger partial charge in [0.2, 0.25) is 11.8 Å². The van der Waals surface area contributed by atoms with E-state index < -0.39 is 6.04 Å². The normalized spacial score (nSPS) is 14.9. The molecule has 1 N–H and O–H groups in total. The number of aryl methyl sites for hydroxylation is 1. The lowest BCUT2D eigenvalue weighted by Crippen LogP contribution is -2.51. The van der Waals surface area contributed by atoms with Crippen LogP contribution in [0.3, 0.4) is 0 Å². The Balaban J connectivity index is 1.76. The van der Waals surface area contributed by atoms with Crippen molar-refractivity contribution in [1.82, 2.24) is 10.2 Å². The van der Waals surface area contributed by atoms with Crippen LogP contribution in [-0.2, 0) is 22.6 Å². The van der Waals surface area contributed by atoms with Gasteiger partial charge >= 0.3 is 0 Å². The zero-order chi connectivity index (χ0) is 24.7. The first kappa shape index (κ1) is 26.6. The Morgan fingerprint density at radius 1 is 1.00 bits per heavy atom. The summed E-state index contributed by atoms with van der Waals surface area (Å²) in [6, 6.07) is 13.5. The highest BCUT2D eigenvalue weighted by atomic mass is 35.5. The molecule has 184 valence electrons. The van der Waals surface area contributed by atoms with Gasteiger partial charge in [0.05, 0.1) is 10.0 Å². The molecule has 1 fully saturated rings. The Bertz CT molecular complexity index is 969. The van der Waals surface area contributed by atoms with E-state index in [1.165, 1.54) is 5.56 Å². The molecule has 2 aromatic carbocycles. The Kier molecular flexibility index (Phi) is 9.85. The maximum atomic E-state index is 13.5. The summed E-state index contributed by atoms with van der Waals surface area (Å²) in [5, 5.41) is 4.10. The summed E-state index contributed by atoms with van der Waals surface area (Å²) in [6.07, 6.45) is 5.83.